The van der Waals surface area contributed by atoms with Crippen molar-refractivity contribution in [2.24, 2.45) is 5.92 Å². The van der Waals surface area contributed by atoms with Crippen molar-refractivity contribution >= 4 is 24.0 Å². The number of nitrogens with one attached hydrogen (secondary N) is 1. The molecule has 2 aromatic carbocycles. The van der Waals surface area contributed by atoms with Crippen molar-refractivity contribution in [1.29, 1.82) is 0 Å². The molecule has 11 heteroatoms. The lowest BCUT2D eigenvalue weighted by Gasteiger charge is -2.32. The number of halogens is 5. The van der Waals surface area contributed by atoms with E-state index in [4.69, 9.17) is 0 Å². The summed E-state index contributed by atoms with van der Waals surface area (Å²) in [6, 6.07) is 12.7. The van der Waals surface area contributed by atoms with E-state index in [1.165, 1.54) is 17.0 Å². The fourth-order valence-electron chi connectivity index (χ4n) is 3.02. The number of nitrogens with zero attached hydrogens (tertiary/aromatic N) is 3. The van der Waals surface area contributed by atoms with E-state index >= 15 is 0 Å². The highest BCUT2D eigenvalue weighted by atomic mass is 35.5. The van der Waals surface area contributed by atoms with Crippen LogP contribution in [0.25, 0.3) is 11.5 Å². The number of anilines is 1. The van der Waals surface area contributed by atoms with Crippen molar-refractivity contribution < 1.29 is 26.8 Å². The number of alkyl halides is 3. The molecule has 0 spiro atoms. The van der Waals surface area contributed by atoms with Gasteiger partial charge in [-0.15, -0.1) is 22.6 Å². The number of aromatic nitrogens is 2. The number of carbonyl (C=O) groups excluding carboxylic acids is 1. The third-order valence-electron chi connectivity index (χ3n) is 4.76. The van der Waals surface area contributed by atoms with E-state index in [-0.39, 0.29) is 41.9 Å². The zero-order valence-electron chi connectivity index (χ0n) is 15.9. The Morgan fingerprint density at radius 1 is 1.13 bits per heavy atom. The third kappa shape index (κ3) is 4.86. The summed E-state index contributed by atoms with van der Waals surface area (Å²) in [6.07, 6.45) is -4.78. The fourth-order valence-corrected chi connectivity index (χ4v) is 3.02. The minimum Gasteiger partial charge on any atom is -0.413 e. The summed E-state index contributed by atoms with van der Waals surface area (Å²) in [5.74, 6) is -2.96. The van der Waals surface area contributed by atoms with E-state index in [1.807, 2.05) is 6.07 Å². The lowest BCUT2D eigenvalue weighted by molar-refractivity contribution is -0.157. The average molecular weight is 457 g/mol. The number of carbonyl (C=O) groups is 1. The standard InChI is InChI=1S/C20H16F4N4O2.ClH/c21-16-8-12(17-26-27-19(30-17)20(22,23)24)6-7-13(16)11-28(15-4-2-1-3-5-15)18(29)14-9-25-10-14;/h1-8,14,25H,9-11H2;1H. The molecule has 1 fully saturated rings. The number of amides is 1. The lowest BCUT2D eigenvalue weighted by Crippen LogP contribution is -2.52. The molecule has 0 aliphatic carbocycles. The highest BCUT2D eigenvalue weighted by molar-refractivity contribution is 5.95. The van der Waals surface area contributed by atoms with Gasteiger partial charge in [0.05, 0.1) is 12.5 Å². The first-order chi connectivity index (χ1) is 14.3. The molecule has 164 valence electrons. The van der Waals surface area contributed by atoms with Crippen LogP contribution in [0.1, 0.15) is 11.5 Å². The van der Waals surface area contributed by atoms with E-state index in [0.717, 1.165) is 6.07 Å². The molecule has 0 unspecified atom stereocenters. The minimum atomic E-state index is -4.78. The predicted octanol–water partition coefficient (Wildman–Crippen LogP) is 4.07. The molecule has 6 nitrogen and oxygen atoms in total. The molecule has 2 heterocycles. The van der Waals surface area contributed by atoms with Crippen LogP contribution in [0, 0.1) is 11.7 Å². The highest BCUT2D eigenvalue weighted by Gasteiger charge is 2.38. The second-order valence-corrected chi connectivity index (χ2v) is 6.83. The molecule has 0 atom stereocenters. The van der Waals surface area contributed by atoms with Gasteiger partial charge in [-0.2, -0.15) is 13.2 Å². The number of rotatable bonds is 5. The van der Waals surface area contributed by atoms with E-state index < -0.39 is 23.8 Å². The molecular weight excluding hydrogens is 440 g/mol. The summed E-state index contributed by atoms with van der Waals surface area (Å²) in [7, 11) is 0. The van der Waals surface area contributed by atoms with E-state index in [0.29, 0.717) is 18.8 Å². The average Bonchev–Trinajstić information content (AvgIpc) is 3.17. The molecule has 1 amide bonds. The van der Waals surface area contributed by atoms with Crippen LogP contribution in [0.2, 0.25) is 0 Å². The van der Waals surface area contributed by atoms with Gasteiger partial charge in [-0.25, -0.2) is 4.39 Å². The van der Waals surface area contributed by atoms with Gasteiger partial charge >= 0.3 is 12.1 Å². The second-order valence-electron chi connectivity index (χ2n) is 6.83. The fraction of sp³-hybridized carbons (Fsp3) is 0.250. The first kappa shape index (κ1) is 22.7. The zero-order chi connectivity index (χ0) is 21.3. The van der Waals surface area contributed by atoms with Crippen molar-refractivity contribution in [2.45, 2.75) is 12.7 Å². The maximum absolute atomic E-state index is 14.8. The maximum Gasteiger partial charge on any atom is 0.470 e. The molecular formula is C20H17ClF4N4O2. The Kier molecular flexibility index (Phi) is 6.61. The van der Waals surface area contributed by atoms with Crippen molar-refractivity contribution in [2.75, 3.05) is 18.0 Å². The van der Waals surface area contributed by atoms with Crippen LogP contribution >= 0.6 is 12.4 Å². The van der Waals surface area contributed by atoms with Crippen LogP contribution < -0.4 is 10.2 Å². The predicted molar refractivity (Wildman–Crippen MR) is 106 cm³/mol. The molecule has 1 saturated heterocycles. The third-order valence-corrected chi connectivity index (χ3v) is 4.76. The molecule has 1 N–H and O–H groups in total. The van der Waals surface area contributed by atoms with Gasteiger partial charge in [-0.05, 0) is 24.3 Å². The SMILES string of the molecule is Cl.O=C(C1CNC1)N(Cc1ccc(-c2nnc(C(F)(F)F)o2)cc1F)c1ccccc1. The van der Waals surface area contributed by atoms with E-state index in [9.17, 15) is 22.4 Å². The van der Waals surface area contributed by atoms with Crippen LogP contribution in [0.5, 0.6) is 0 Å². The summed E-state index contributed by atoms with van der Waals surface area (Å²) in [5, 5.41) is 9.30. The Morgan fingerprint density at radius 2 is 1.84 bits per heavy atom. The van der Waals surface area contributed by atoms with Crippen LogP contribution in [0.4, 0.5) is 23.2 Å². The van der Waals surface area contributed by atoms with Gasteiger partial charge in [0.15, 0.2) is 0 Å². The van der Waals surface area contributed by atoms with Gasteiger partial charge < -0.3 is 14.6 Å². The number of hydrogen-bond acceptors (Lipinski definition) is 5. The number of para-hydroxylation sites is 1. The maximum atomic E-state index is 14.8. The zero-order valence-corrected chi connectivity index (χ0v) is 16.7. The molecule has 1 aliphatic rings. The van der Waals surface area contributed by atoms with Gasteiger partial charge in [0.25, 0.3) is 0 Å². The first-order valence-electron chi connectivity index (χ1n) is 9.09. The first-order valence-corrected chi connectivity index (χ1v) is 9.09. The van der Waals surface area contributed by atoms with Gasteiger partial charge in [0, 0.05) is 29.9 Å². The summed E-state index contributed by atoms with van der Waals surface area (Å²) in [5.41, 5.74) is 0.850. The largest absolute Gasteiger partial charge is 0.470 e. The summed E-state index contributed by atoms with van der Waals surface area (Å²) < 4.78 is 57.2. The van der Waals surface area contributed by atoms with Gasteiger partial charge in [0.2, 0.25) is 11.8 Å². The summed E-state index contributed by atoms with van der Waals surface area (Å²) in [4.78, 5) is 14.3. The summed E-state index contributed by atoms with van der Waals surface area (Å²) >= 11 is 0. The topological polar surface area (TPSA) is 71.3 Å². The molecule has 1 aliphatic heterocycles. The molecule has 3 aromatic rings. The highest BCUT2D eigenvalue weighted by Crippen LogP contribution is 2.31. The Morgan fingerprint density at radius 3 is 2.39 bits per heavy atom. The molecule has 31 heavy (non-hydrogen) atoms. The van der Waals surface area contributed by atoms with Crippen molar-refractivity contribution in [3.63, 3.8) is 0 Å². The van der Waals surface area contributed by atoms with Crippen molar-refractivity contribution in [3.05, 3.63) is 65.8 Å². The molecule has 0 saturated carbocycles. The molecule has 0 radical (unpaired) electrons. The van der Waals surface area contributed by atoms with Gasteiger partial charge in [-0.1, -0.05) is 24.3 Å². The summed E-state index contributed by atoms with van der Waals surface area (Å²) in [6.45, 7) is 1.09. The minimum absolute atomic E-state index is 0. The molecule has 1 aromatic heterocycles. The van der Waals surface area contributed by atoms with Crippen LogP contribution in [-0.2, 0) is 17.5 Å². The van der Waals surface area contributed by atoms with Crippen molar-refractivity contribution in [3.8, 4) is 11.5 Å². The van der Waals surface area contributed by atoms with Gasteiger partial charge in [0.1, 0.15) is 5.82 Å². The second kappa shape index (κ2) is 9.03. The van der Waals surface area contributed by atoms with E-state index in [2.05, 4.69) is 19.9 Å². The van der Waals surface area contributed by atoms with Crippen LogP contribution in [-0.4, -0.2) is 29.2 Å². The van der Waals surface area contributed by atoms with Crippen LogP contribution in [0.15, 0.2) is 52.9 Å². The Labute approximate surface area is 180 Å². The normalized spacial score (nSPS) is 13.9. The quantitative estimate of drug-likeness (QED) is 0.586. The monoisotopic (exact) mass is 456 g/mol. The van der Waals surface area contributed by atoms with E-state index in [1.54, 1.807) is 24.3 Å². The number of benzene rings is 2. The molecule has 4 rings (SSSR count). The Bertz CT molecular complexity index is 1050. The van der Waals surface area contributed by atoms with Gasteiger partial charge in [-0.3, -0.25) is 4.79 Å². The smallest absolute Gasteiger partial charge is 0.413 e. The number of hydrogen-bond donors (Lipinski definition) is 1. The Balaban J connectivity index is 0.00000272. The lowest BCUT2D eigenvalue weighted by atomic mass is 10.0. The van der Waals surface area contributed by atoms with Crippen molar-refractivity contribution in [1.82, 2.24) is 15.5 Å². The molecule has 0 bridgehead atoms. The van der Waals surface area contributed by atoms with Crippen LogP contribution in [0.3, 0.4) is 0 Å². The Hall–Kier alpha value is -2.98.